The van der Waals surface area contributed by atoms with Crippen molar-refractivity contribution in [1.82, 2.24) is 24.6 Å². The van der Waals surface area contributed by atoms with Crippen molar-refractivity contribution in [3.63, 3.8) is 0 Å². The topological polar surface area (TPSA) is 63.2 Å². The minimum Gasteiger partial charge on any atom is -0.383 e. The van der Waals surface area contributed by atoms with E-state index in [1.54, 1.807) is 12.4 Å². The van der Waals surface area contributed by atoms with Gasteiger partial charge in [0.25, 0.3) is 0 Å². The van der Waals surface area contributed by atoms with E-state index in [9.17, 15) is 0 Å². The average Bonchev–Trinajstić information content (AvgIpc) is 2.83. The molecule has 2 N–H and O–H groups in total. The van der Waals surface area contributed by atoms with Crippen LogP contribution in [-0.2, 0) is 13.0 Å². The summed E-state index contributed by atoms with van der Waals surface area (Å²) >= 11 is 0. The number of rotatable bonds is 4. The molecule has 2 aromatic heterocycles. The average molecular weight is 286 g/mol. The van der Waals surface area contributed by atoms with Crippen LogP contribution in [0.15, 0.2) is 24.5 Å². The highest BCUT2D eigenvalue weighted by atomic mass is 15.3. The highest BCUT2D eigenvalue weighted by molar-refractivity contribution is 5.50. The van der Waals surface area contributed by atoms with Gasteiger partial charge < -0.3 is 10.6 Å². The van der Waals surface area contributed by atoms with E-state index < -0.39 is 0 Å². The molecule has 0 unspecified atom stereocenters. The van der Waals surface area contributed by atoms with Crippen LogP contribution in [0.3, 0.4) is 0 Å². The van der Waals surface area contributed by atoms with Crippen molar-refractivity contribution >= 4 is 5.82 Å². The minimum absolute atomic E-state index is 0.755. The molecular weight excluding hydrogens is 264 g/mol. The standard InChI is InChI=1S/C15H22N6/c1-19(2)9-10-20-8-5-14-13(11-20)15(16)21(18-14)12-3-6-17-7-4-12/h3-4,6-7H,5,8-11,16H2,1-2H3. The maximum absolute atomic E-state index is 6.32. The summed E-state index contributed by atoms with van der Waals surface area (Å²) in [5.41, 5.74) is 9.59. The highest BCUT2D eigenvalue weighted by Crippen LogP contribution is 2.26. The van der Waals surface area contributed by atoms with Gasteiger partial charge in [-0.15, -0.1) is 0 Å². The van der Waals surface area contributed by atoms with Crippen molar-refractivity contribution < 1.29 is 0 Å². The normalized spacial score (nSPS) is 15.4. The summed E-state index contributed by atoms with van der Waals surface area (Å²) in [4.78, 5) is 8.69. The van der Waals surface area contributed by atoms with Crippen LogP contribution >= 0.6 is 0 Å². The fraction of sp³-hybridized carbons (Fsp3) is 0.467. The second-order valence-corrected chi connectivity index (χ2v) is 5.76. The van der Waals surface area contributed by atoms with Gasteiger partial charge in [0.15, 0.2) is 0 Å². The SMILES string of the molecule is CN(C)CCN1CCc2nn(-c3ccncc3)c(N)c2C1. The van der Waals surface area contributed by atoms with Crippen LogP contribution in [0.2, 0.25) is 0 Å². The maximum Gasteiger partial charge on any atom is 0.132 e. The molecule has 6 nitrogen and oxygen atoms in total. The van der Waals surface area contributed by atoms with Gasteiger partial charge in [0.1, 0.15) is 5.82 Å². The lowest BCUT2D eigenvalue weighted by atomic mass is 10.1. The summed E-state index contributed by atoms with van der Waals surface area (Å²) in [6.45, 7) is 4.06. The Kier molecular flexibility index (Phi) is 3.90. The van der Waals surface area contributed by atoms with Crippen LogP contribution in [0.4, 0.5) is 5.82 Å². The molecule has 112 valence electrons. The molecule has 0 radical (unpaired) electrons. The Bertz CT molecular complexity index is 604. The molecule has 0 spiro atoms. The molecule has 0 fully saturated rings. The molecule has 2 aromatic rings. The summed E-state index contributed by atoms with van der Waals surface area (Å²) < 4.78 is 1.84. The molecular formula is C15H22N6. The fourth-order valence-electron chi connectivity index (χ4n) is 2.66. The highest BCUT2D eigenvalue weighted by Gasteiger charge is 2.23. The lowest BCUT2D eigenvalue weighted by Gasteiger charge is -2.27. The van der Waals surface area contributed by atoms with Gasteiger partial charge >= 0.3 is 0 Å². The van der Waals surface area contributed by atoms with E-state index in [0.717, 1.165) is 49.8 Å². The van der Waals surface area contributed by atoms with Crippen LogP contribution in [0.25, 0.3) is 5.69 Å². The summed E-state index contributed by atoms with van der Waals surface area (Å²) in [7, 11) is 4.20. The molecule has 1 aliphatic heterocycles. The number of pyridine rings is 1. The molecule has 0 bridgehead atoms. The van der Waals surface area contributed by atoms with Gasteiger partial charge in [-0.25, -0.2) is 4.68 Å². The summed E-state index contributed by atoms with van der Waals surface area (Å²) in [6, 6.07) is 3.86. The number of hydrogen-bond donors (Lipinski definition) is 1. The Labute approximate surface area is 125 Å². The van der Waals surface area contributed by atoms with E-state index in [1.807, 2.05) is 16.8 Å². The van der Waals surface area contributed by atoms with Crippen molar-refractivity contribution in [2.75, 3.05) is 39.5 Å². The Morgan fingerprint density at radius 2 is 2.05 bits per heavy atom. The number of aromatic nitrogens is 3. The van der Waals surface area contributed by atoms with Crippen LogP contribution in [0, 0.1) is 0 Å². The van der Waals surface area contributed by atoms with Gasteiger partial charge in [-0.05, 0) is 26.2 Å². The molecule has 0 amide bonds. The Hall–Kier alpha value is -1.92. The zero-order chi connectivity index (χ0) is 14.8. The molecule has 0 aromatic carbocycles. The zero-order valence-corrected chi connectivity index (χ0v) is 12.7. The third-order valence-corrected chi connectivity index (χ3v) is 3.92. The van der Waals surface area contributed by atoms with E-state index in [0.29, 0.717) is 0 Å². The lowest BCUT2D eigenvalue weighted by Crippen LogP contribution is -2.35. The first-order chi connectivity index (χ1) is 10.1. The van der Waals surface area contributed by atoms with Gasteiger partial charge in [-0.2, -0.15) is 5.10 Å². The summed E-state index contributed by atoms with van der Waals surface area (Å²) in [5.74, 6) is 0.755. The van der Waals surface area contributed by atoms with Crippen molar-refractivity contribution in [3.8, 4) is 5.69 Å². The lowest BCUT2D eigenvalue weighted by molar-refractivity contribution is 0.225. The molecule has 1 aliphatic rings. The second-order valence-electron chi connectivity index (χ2n) is 5.76. The van der Waals surface area contributed by atoms with Crippen LogP contribution in [-0.4, -0.2) is 58.3 Å². The molecule has 21 heavy (non-hydrogen) atoms. The number of fused-ring (bicyclic) bond motifs is 1. The Morgan fingerprint density at radius 1 is 1.29 bits per heavy atom. The zero-order valence-electron chi connectivity index (χ0n) is 12.7. The van der Waals surface area contributed by atoms with Gasteiger partial charge in [0, 0.05) is 50.6 Å². The van der Waals surface area contributed by atoms with Crippen molar-refractivity contribution in [1.29, 1.82) is 0 Å². The number of anilines is 1. The summed E-state index contributed by atoms with van der Waals surface area (Å²) in [5, 5.41) is 4.68. The van der Waals surface area contributed by atoms with E-state index in [1.165, 1.54) is 5.56 Å². The third kappa shape index (κ3) is 2.91. The number of likely N-dealkylation sites (N-methyl/N-ethyl adjacent to an activating group) is 1. The molecule has 0 saturated carbocycles. The second kappa shape index (κ2) is 5.83. The molecule has 3 heterocycles. The molecule has 0 saturated heterocycles. The first-order valence-corrected chi connectivity index (χ1v) is 7.29. The van der Waals surface area contributed by atoms with Crippen LogP contribution < -0.4 is 5.73 Å². The first-order valence-electron chi connectivity index (χ1n) is 7.29. The quantitative estimate of drug-likeness (QED) is 0.899. The van der Waals surface area contributed by atoms with E-state index in [4.69, 9.17) is 5.73 Å². The number of hydrogen-bond acceptors (Lipinski definition) is 5. The monoisotopic (exact) mass is 286 g/mol. The van der Waals surface area contributed by atoms with Crippen molar-refractivity contribution in [2.24, 2.45) is 0 Å². The smallest absolute Gasteiger partial charge is 0.132 e. The van der Waals surface area contributed by atoms with E-state index >= 15 is 0 Å². The van der Waals surface area contributed by atoms with Crippen molar-refractivity contribution in [2.45, 2.75) is 13.0 Å². The van der Waals surface area contributed by atoms with Gasteiger partial charge in [-0.1, -0.05) is 0 Å². The fourth-order valence-corrected chi connectivity index (χ4v) is 2.66. The third-order valence-electron chi connectivity index (χ3n) is 3.92. The Balaban J connectivity index is 1.82. The van der Waals surface area contributed by atoms with E-state index in [-0.39, 0.29) is 0 Å². The van der Waals surface area contributed by atoms with Gasteiger partial charge in [-0.3, -0.25) is 9.88 Å². The molecule has 0 aliphatic carbocycles. The van der Waals surface area contributed by atoms with Gasteiger partial charge in [0.05, 0.1) is 11.4 Å². The first kappa shape index (κ1) is 14.0. The number of nitrogens with two attached hydrogens (primary N) is 1. The largest absolute Gasteiger partial charge is 0.383 e. The molecule has 3 rings (SSSR count). The van der Waals surface area contributed by atoms with Crippen LogP contribution in [0.5, 0.6) is 0 Å². The number of nitrogens with zero attached hydrogens (tertiary/aromatic N) is 5. The van der Waals surface area contributed by atoms with Crippen molar-refractivity contribution in [3.05, 3.63) is 35.8 Å². The predicted molar refractivity (Wildman–Crippen MR) is 83.3 cm³/mol. The van der Waals surface area contributed by atoms with Crippen LogP contribution in [0.1, 0.15) is 11.3 Å². The van der Waals surface area contributed by atoms with Gasteiger partial charge in [0.2, 0.25) is 0 Å². The minimum atomic E-state index is 0.755. The Morgan fingerprint density at radius 3 is 2.76 bits per heavy atom. The maximum atomic E-state index is 6.32. The predicted octanol–water partition coefficient (Wildman–Crippen LogP) is 0.769. The van der Waals surface area contributed by atoms with E-state index in [2.05, 4.69) is 34.0 Å². The molecule has 0 atom stereocenters. The summed E-state index contributed by atoms with van der Waals surface area (Å²) in [6.07, 6.45) is 4.49. The molecule has 6 heteroatoms. The number of nitrogen functional groups attached to an aromatic ring is 1.